The third kappa shape index (κ3) is 2.65. The fraction of sp³-hybridized carbons (Fsp3) is 0.250. The first-order valence-electron chi connectivity index (χ1n) is 5.41. The molecule has 18 heavy (non-hydrogen) atoms. The number of aromatic nitrogens is 2. The van der Waals surface area contributed by atoms with Gasteiger partial charge < -0.3 is 9.67 Å². The maximum Gasteiger partial charge on any atom is 0.355 e. The highest BCUT2D eigenvalue weighted by Crippen LogP contribution is 2.10. The molecule has 0 atom stereocenters. The molecule has 0 amide bonds. The SMILES string of the molecule is Cc1cccn(CCc2nc(C(=O)O)cs2)c1=O. The Balaban J connectivity index is 2.09. The number of pyridine rings is 1. The van der Waals surface area contributed by atoms with Gasteiger partial charge in [0, 0.05) is 30.1 Å². The summed E-state index contributed by atoms with van der Waals surface area (Å²) in [4.78, 5) is 26.4. The van der Waals surface area contributed by atoms with Crippen molar-refractivity contribution in [3.8, 4) is 0 Å². The molecule has 0 saturated carbocycles. The lowest BCUT2D eigenvalue weighted by Crippen LogP contribution is -2.22. The molecule has 2 rings (SSSR count). The summed E-state index contributed by atoms with van der Waals surface area (Å²) in [5.74, 6) is -1.02. The normalized spacial score (nSPS) is 10.5. The zero-order valence-corrected chi connectivity index (χ0v) is 10.6. The van der Waals surface area contributed by atoms with E-state index in [0.29, 0.717) is 18.5 Å². The van der Waals surface area contributed by atoms with Crippen LogP contribution < -0.4 is 5.56 Å². The van der Waals surface area contributed by atoms with Crippen LogP contribution in [0, 0.1) is 6.92 Å². The molecule has 0 aromatic carbocycles. The van der Waals surface area contributed by atoms with E-state index >= 15 is 0 Å². The van der Waals surface area contributed by atoms with Gasteiger partial charge in [-0.2, -0.15) is 0 Å². The van der Waals surface area contributed by atoms with Crippen LogP contribution >= 0.6 is 11.3 Å². The third-order valence-electron chi connectivity index (χ3n) is 2.55. The Kier molecular flexibility index (Phi) is 3.57. The average molecular weight is 264 g/mol. The summed E-state index contributed by atoms with van der Waals surface area (Å²) >= 11 is 1.30. The van der Waals surface area contributed by atoms with E-state index in [9.17, 15) is 9.59 Å². The number of aryl methyl sites for hydroxylation is 3. The van der Waals surface area contributed by atoms with Gasteiger partial charge in [0.2, 0.25) is 0 Å². The van der Waals surface area contributed by atoms with Gasteiger partial charge in [0.25, 0.3) is 5.56 Å². The molecule has 0 fully saturated rings. The van der Waals surface area contributed by atoms with E-state index in [-0.39, 0.29) is 11.3 Å². The zero-order valence-electron chi connectivity index (χ0n) is 9.79. The minimum atomic E-state index is -1.02. The highest BCUT2D eigenvalue weighted by Gasteiger charge is 2.08. The topological polar surface area (TPSA) is 72.2 Å². The Labute approximate surface area is 107 Å². The number of nitrogens with zero attached hydrogens (tertiary/aromatic N) is 2. The van der Waals surface area contributed by atoms with Gasteiger partial charge in [-0.15, -0.1) is 11.3 Å². The van der Waals surface area contributed by atoms with Crippen molar-refractivity contribution in [2.45, 2.75) is 19.9 Å². The smallest absolute Gasteiger partial charge is 0.355 e. The van der Waals surface area contributed by atoms with Gasteiger partial charge in [-0.05, 0) is 13.0 Å². The molecule has 2 aromatic heterocycles. The summed E-state index contributed by atoms with van der Waals surface area (Å²) in [7, 11) is 0. The molecule has 0 aliphatic carbocycles. The Morgan fingerprint density at radius 2 is 2.33 bits per heavy atom. The van der Waals surface area contributed by atoms with Crippen molar-refractivity contribution < 1.29 is 9.90 Å². The molecule has 94 valence electrons. The van der Waals surface area contributed by atoms with E-state index in [1.54, 1.807) is 23.8 Å². The molecular weight excluding hydrogens is 252 g/mol. The molecule has 0 saturated heterocycles. The van der Waals surface area contributed by atoms with Crippen molar-refractivity contribution in [2.75, 3.05) is 0 Å². The summed E-state index contributed by atoms with van der Waals surface area (Å²) in [6, 6.07) is 3.59. The number of hydrogen-bond acceptors (Lipinski definition) is 4. The van der Waals surface area contributed by atoms with E-state index in [4.69, 9.17) is 5.11 Å². The van der Waals surface area contributed by atoms with Crippen LogP contribution in [0.2, 0.25) is 0 Å². The Morgan fingerprint density at radius 1 is 1.56 bits per heavy atom. The van der Waals surface area contributed by atoms with Gasteiger partial charge in [0.15, 0.2) is 5.69 Å². The minimum absolute atomic E-state index is 0.0208. The molecule has 0 spiro atoms. The first kappa shape index (κ1) is 12.5. The number of rotatable bonds is 4. The van der Waals surface area contributed by atoms with Gasteiger partial charge in [-0.1, -0.05) is 6.07 Å². The molecule has 2 aromatic rings. The van der Waals surface area contributed by atoms with Crippen molar-refractivity contribution in [3.05, 3.63) is 50.3 Å². The number of carbonyl (C=O) groups is 1. The second-order valence-corrected chi connectivity index (χ2v) is 4.81. The highest BCUT2D eigenvalue weighted by molar-refractivity contribution is 7.09. The molecule has 2 heterocycles. The van der Waals surface area contributed by atoms with Gasteiger partial charge in [0.05, 0.1) is 5.01 Å². The standard InChI is InChI=1S/C12H12N2O3S/c1-8-3-2-5-14(11(8)15)6-4-10-13-9(7-18-10)12(16)17/h2-3,5,7H,4,6H2,1H3,(H,16,17). The van der Waals surface area contributed by atoms with Gasteiger partial charge >= 0.3 is 5.97 Å². The molecule has 5 nitrogen and oxygen atoms in total. The van der Waals surface area contributed by atoms with Crippen LogP contribution in [0.4, 0.5) is 0 Å². The van der Waals surface area contributed by atoms with Gasteiger partial charge in [0.1, 0.15) is 0 Å². The van der Waals surface area contributed by atoms with Crippen molar-refractivity contribution in [3.63, 3.8) is 0 Å². The average Bonchev–Trinajstić information content (AvgIpc) is 2.80. The summed E-state index contributed by atoms with van der Waals surface area (Å²) in [6.07, 6.45) is 2.28. The highest BCUT2D eigenvalue weighted by atomic mass is 32.1. The largest absolute Gasteiger partial charge is 0.476 e. The summed E-state index contributed by atoms with van der Waals surface area (Å²) < 4.78 is 1.61. The van der Waals surface area contributed by atoms with E-state index in [1.165, 1.54) is 16.7 Å². The van der Waals surface area contributed by atoms with Crippen LogP contribution in [0.15, 0.2) is 28.5 Å². The van der Waals surface area contributed by atoms with Crippen LogP contribution in [0.1, 0.15) is 21.1 Å². The second-order valence-electron chi connectivity index (χ2n) is 3.87. The van der Waals surface area contributed by atoms with Gasteiger partial charge in [-0.3, -0.25) is 4.79 Å². The maximum atomic E-state index is 11.8. The predicted octanol–water partition coefficient (Wildman–Crippen LogP) is 1.55. The number of carboxylic acid groups (broad SMARTS) is 1. The summed E-state index contributed by atoms with van der Waals surface area (Å²) in [6.45, 7) is 2.28. The number of aromatic carboxylic acids is 1. The van der Waals surface area contributed by atoms with Crippen LogP contribution in [-0.4, -0.2) is 20.6 Å². The van der Waals surface area contributed by atoms with Crippen LogP contribution in [-0.2, 0) is 13.0 Å². The molecule has 6 heteroatoms. The Hall–Kier alpha value is -1.95. The zero-order chi connectivity index (χ0) is 13.1. The van der Waals surface area contributed by atoms with Crippen molar-refractivity contribution in [1.82, 2.24) is 9.55 Å². The Morgan fingerprint density at radius 3 is 3.00 bits per heavy atom. The number of hydrogen-bond donors (Lipinski definition) is 1. The fourth-order valence-electron chi connectivity index (χ4n) is 1.57. The molecule has 0 bridgehead atoms. The third-order valence-corrected chi connectivity index (χ3v) is 3.46. The fourth-order valence-corrected chi connectivity index (χ4v) is 2.33. The molecule has 0 unspecified atom stereocenters. The summed E-state index contributed by atoms with van der Waals surface area (Å²) in [5, 5.41) is 11.0. The lowest BCUT2D eigenvalue weighted by molar-refractivity contribution is 0.0691. The lowest BCUT2D eigenvalue weighted by Gasteiger charge is -2.04. The first-order chi connectivity index (χ1) is 8.58. The van der Waals surface area contributed by atoms with E-state index in [1.807, 2.05) is 6.07 Å². The van der Waals surface area contributed by atoms with E-state index < -0.39 is 5.97 Å². The minimum Gasteiger partial charge on any atom is -0.476 e. The quantitative estimate of drug-likeness (QED) is 0.909. The monoisotopic (exact) mass is 264 g/mol. The van der Waals surface area contributed by atoms with E-state index in [2.05, 4.69) is 4.98 Å². The van der Waals surface area contributed by atoms with Crippen LogP contribution in [0.3, 0.4) is 0 Å². The van der Waals surface area contributed by atoms with Crippen molar-refractivity contribution in [2.24, 2.45) is 0 Å². The van der Waals surface area contributed by atoms with Crippen molar-refractivity contribution in [1.29, 1.82) is 0 Å². The molecular formula is C12H12N2O3S. The van der Waals surface area contributed by atoms with Crippen molar-refractivity contribution >= 4 is 17.3 Å². The molecule has 0 aliphatic heterocycles. The molecule has 0 radical (unpaired) electrons. The van der Waals surface area contributed by atoms with Crippen LogP contribution in [0.25, 0.3) is 0 Å². The second kappa shape index (κ2) is 5.14. The van der Waals surface area contributed by atoms with Crippen LogP contribution in [0.5, 0.6) is 0 Å². The molecule has 1 N–H and O–H groups in total. The number of carboxylic acids is 1. The summed E-state index contributed by atoms with van der Waals surface area (Å²) in [5.41, 5.74) is 0.738. The Bertz CT molecular complexity index is 630. The van der Waals surface area contributed by atoms with Gasteiger partial charge in [-0.25, -0.2) is 9.78 Å². The lowest BCUT2D eigenvalue weighted by atomic mass is 10.3. The number of thiazole rings is 1. The predicted molar refractivity (Wildman–Crippen MR) is 68.2 cm³/mol. The molecule has 0 aliphatic rings. The van der Waals surface area contributed by atoms with E-state index in [0.717, 1.165) is 5.01 Å². The maximum absolute atomic E-state index is 11.8. The first-order valence-corrected chi connectivity index (χ1v) is 6.29.